The highest BCUT2D eigenvalue weighted by Gasteiger charge is 2.20. The van der Waals surface area contributed by atoms with Crippen molar-refractivity contribution in [2.45, 2.75) is 24.8 Å². The fraction of sp³-hybridized carbons (Fsp3) is 0.333. The quantitative estimate of drug-likeness (QED) is 0.849. The summed E-state index contributed by atoms with van der Waals surface area (Å²) in [5, 5.41) is 3.97. The van der Waals surface area contributed by atoms with Crippen molar-refractivity contribution in [2.24, 2.45) is 5.73 Å². The molecule has 0 amide bonds. The number of rotatable bonds is 6. The Morgan fingerprint density at radius 3 is 2.84 bits per heavy atom. The van der Waals surface area contributed by atoms with Crippen LogP contribution in [-0.2, 0) is 23.0 Å². The number of aryl methyl sites for hydroxylation is 1. The summed E-state index contributed by atoms with van der Waals surface area (Å²) in [6, 6.07) is 3.46. The summed E-state index contributed by atoms with van der Waals surface area (Å²) in [5.74, 6) is 0.833. The molecule has 0 unspecified atom stereocenters. The van der Waals surface area contributed by atoms with Crippen molar-refractivity contribution in [1.29, 1.82) is 0 Å². The van der Waals surface area contributed by atoms with Crippen LogP contribution in [0.2, 0.25) is 0 Å². The Balaban J connectivity index is 2.03. The van der Waals surface area contributed by atoms with E-state index in [2.05, 4.69) is 4.72 Å². The van der Waals surface area contributed by atoms with Crippen LogP contribution in [0.15, 0.2) is 32.2 Å². The van der Waals surface area contributed by atoms with Gasteiger partial charge in [-0.3, -0.25) is 0 Å². The summed E-state index contributed by atoms with van der Waals surface area (Å²) in [7, 11) is -3.53. The molecule has 7 heteroatoms. The minimum absolute atomic E-state index is 0.165. The summed E-state index contributed by atoms with van der Waals surface area (Å²) in [4.78, 5) is 0.165. The summed E-state index contributed by atoms with van der Waals surface area (Å²) < 4.78 is 32.0. The molecular formula is C12H16N2O3S2. The maximum Gasteiger partial charge on any atom is 0.244 e. The van der Waals surface area contributed by atoms with Crippen LogP contribution in [0.25, 0.3) is 0 Å². The van der Waals surface area contributed by atoms with Crippen molar-refractivity contribution in [3.63, 3.8) is 0 Å². The van der Waals surface area contributed by atoms with Crippen molar-refractivity contribution >= 4 is 21.4 Å². The third kappa shape index (κ3) is 3.44. The molecular weight excluding hydrogens is 284 g/mol. The number of furan rings is 1. The fourth-order valence-electron chi connectivity index (χ4n) is 1.73. The van der Waals surface area contributed by atoms with E-state index in [0.717, 1.165) is 5.56 Å². The second kappa shape index (κ2) is 5.87. The Morgan fingerprint density at radius 2 is 2.26 bits per heavy atom. The Bertz CT molecular complexity index is 630. The van der Waals surface area contributed by atoms with E-state index in [1.54, 1.807) is 18.3 Å². The Morgan fingerprint density at radius 1 is 1.47 bits per heavy atom. The van der Waals surface area contributed by atoms with Gasteiger partial charge in [0.05, 0.1) is 6.54 Å². The van der Waals surface area contributed by atoms with Gasteiger partial charge in [0.25, 0.3) is 0 Å². The van der Waals surface area contributed by atoms with E-state index >= 15 is 0 Å². The molecule has 0 bridgehead atoms. The van der Waals surface area contributed by atoms with Gasteiger partial charge in [-0.25, -0.2) is 13.1 Å². The third-order valence-electron chi connectivity index (χ3n) is 2.70. The zero-order valence-electron chi connectivity index (χ0n) is 10.5. The first kappa shape index (κ1) is 14.3. The van der Waals surface area contributed by atoms with Crippen LogP contribution in [0, 0.1) is 6.92 Å². The van der Waals surface area contributed by atoms with Crippen LogP contribution in [-0.4, -0.2) is 15.0 Å². The van der Waals surface area contributed by atoms with Gasteiger partial charge in [-0.05, 0) is 35.7 Å². The first-order valence-corrected chi connectivity index (χ1v) is 8.25. The van der Waals surface area contributed by atoms with Crippen LogP contribution in [0.1, 0.15) is 17.1 Å². The zero-order valence-corrected chi connectivity index (χ0v) is 12.2. The number of hydrogen-bond acceptors (Lipinski definition) is 5. The van der Waals surface area contributed by atoms with Gasteiger partial charge in [0, 0.05) is 12.6 Å². The van der Waals surface area contributed by atoms with E-state index in [1.165, 1.54) is 6.07 Å². The number of hydrogen-bond donors (Lipinski definition) is 2. The highest BCUT2D eigenvalue weighted by Crippen LogP contribution is 2.19. The molecule has 0 aliphatic rings. The van der Waals surface area contributed by atoms with Crippen molar-refractivity contribution < 1.29 is 12.8 Å². The molecule has 104 valence electrons. The van der Waals surface area contributed by atoms with Gasteiger partial charge in [-0.2, -0.15) is 11.3 Å². The number of nitrogens with one attached hydrogen (secondary N) is 1. The van der Waals surface area contributed by atoms with E-state index in [9.17, 15) is 8.42 Å². The van der Waals surface area contributed by atoms with Crippen molar-refractivity contribution in [3.05, 3.63) is 40.0 Å². The Kier molecular flexibility index (Phi) is 4.41. The molecule has 2 aromatic heterocycles. The van der Waals surface area contributed by atoms with Gasteiger partial charge in [-0.1, -0.05) is 0 Å². The van der Waals surface area contributed by atoms with E-state index in [4.69, 9.17) is 10.2 Å². The number of thiophene rings is 1. The predicted octanol–water partition coefficient (Wildman–Crippen LogP) is 1.63. The Labute approximate surface area is 116 Å². The molecule has 3 N–H and O–H groups in total. The highest BCUT2D eigenvalue weighted by atomic mass is 32.2. The van der Waals surface area contributed by atoms with Crippen LogP contribution in [0.3, 0.4) is 0 Å². The zero-order chi connectivity index (χ0) is 13.9. The molecule has 2 heterocycles. The molecule has 0 saturated carbocycles. The van der Waals surface area contributed by atoms with Crippen molar-refractivity contribution in [1.82, 2.24) is 4.72 Å². The fourth-order valence-corrected chi connectivity index (χ4v) is 3.67. The largest absolute Gasteiger partial charge is 0.464 e. The standard InChI is InChI=1S/C12H16N2O3S2/c1-9-12(6-11(7-13)17-9)19(15,16)14-4-2-10-3-5-18-8-10/h3,5-6,8,14H,2,4,7,13H2,1H3. The number of nitrogens with two attached hydrogens (primary N) is 1. The Hall–Kier alpha value is -1.15. The van der Waals surface area contributed by atoms with Gasteiger partial charge < -0.3 is 10.2 Å². The maximum atomic E-state index is 12.1. The lowest BCUT2D eigenvalue weighted by atomic mass is 10.2. The average Bonchev–Trinajstić information content (AvgIpc) is 2.98. The van der Waals surface area contributed by atoms with E-state index in [1.807, 2.05) is 16.8 Å². The first-order chi connectivity index (χ1) is 9.03. The van der Waals surface area contributed by atoms with E-state index in [-0.39, 0.29) is 11.4 Å². The monoisotopic (exact) mass is 300 g/mol. The lowest BCUT2D eigenvalue weighted by molar-refractivity contribution is 0.478. The summed E-state index contributed by atoms with van der Waals surface area (Å²) in [6.07, 6.45) is 0.670. The average molecular weight is 300 g/mol. The lowest BCUT2D eigenvalue weighted by Crippen LogP contribution is -2.26. The van der Waals surface area contributed by atoms with Gasteiger partial charge in [0.15, 0.2) is 0 Å². The molecule has 0 saturated heterocycles. The molecule has 0 atom stereocenters. The molecule has 2 rings (SSSR count). The topological polar surface area (TPSA) is 85.3 Å². The van der Waals surface area contributed by atoms with Crippen LogP contribution in [0.4, 0.5) is 0 Å². The first-order valence-electron chi connectivity index (χ1n) is 5.83. The van der Waals surface area contributed by atoms with Crippen molar-refractivity contribution in [3.8, 4) is 0 Å². The minimum atomic E-state index is -3.53. The van der Waals surface area contributed by atoms with E-state index in [0.29, 0.717) is 24.5 Å². The summed E-state index contributed by atoms with van der Waals surface area (Å²) in [6.45, 7) is 2.17. The van der Waals surface area contributed by atoms with E-state index < -0.39 is 10.0 Å². The molecule has 0 aliphatic carbocycles. The molecule has 2 aromatic rings. The molecule has 0 fully saturated rings. The van der Waals surface area contributed by atoms with Crippen LogP contribution < -0.4 is 10.5 Å². The molecule has 0 radical (unpaired) electrons. The smallest absolute Gasteiger partial charge is 0.244 e. The minimum Gasteiger partial charge on any atom is -0.464 e. The van der Waals surface area contributed by atoms with Gasteiger partial charge in [0.2, 0.25) is 10.0 Å². The van der Waals surface area contributed by atoms with Gasteiger partial charge in [-0.15, -0.1) is 0 Å². The second-order valence-corrected chi connectivity index (χ2v) is 6.63. The molecule has 5 nitrogen and oxygen atoms in total. The third-order valence-corrected chi connectivity index (χ3v) is 5.00. The molecule has 0 aromatic carbocycles. The number of sulfonamides is 1. The molecule has 19 heavy (non-hydrogen) atoms. The maximum absolute atomic E-state index is 12.1. The van der Waals surface area contributed by atoms with Crippen LogP contribution >= 0.6 is 11.3 Å². The SMILES string of the molecule is Cc1oc(CN)cc1S(=O)(=O)NCCc1ccsc1. The van der Waals surface area contributed by atoms with Gasteiger partial charge in [0.1, 0.15) is 16.4 Å². The van der Waals surface area contributed by atoms with Crippen LogP contribution in [0.5, 0.6) is 0 Å². The van der Waals surface area contributed by atoms with Crippen molar-refractivity contribution in [2.75, 3.05) is 6.54 Å². The molecule has 0 spiro atoms. The molecule has 0 aliphatic heterocycles. The summed E-state index contributed by atoms with van der Waals surface area (Å²) >= 11 is 1.60. The normalized spacial score (nSPS) is 11.9. The predicted molar refractivity (Wildman–Crippen MR) is 74.5 cm³/mol. The second-order valence-electron chi connectivity index (χ2n) is 4.12. The highest BCUT2D eigenvalue weighted by molar-refractivity contribution is 7.89. The lowest BCUT2D eigenvalue weighted by Gasteiger charge is -2.04. The van der Waals surface area contributed by atoms with Gasteiger partial charge >= 0.3 is 0 Å². The summed E-state index contributed by atoms with van der Waals surface area (Å²) in [5.41, 5.74) is 6.56.